The van der Waals surface area contributed by atoms with Gasteiger partial charge >= 0.3 is 0 Å². The summed E-state index contributed by atoms with van der Waals surface area (Å²) in [5.74, 6) is -0.108. The normalized spacial score (nSPS) is 13.5. The summed E-state index contributed by atoms with van der Waals surface area (Å²) in [6.07, 6.45) is 0.330. The van der Waals surface area contributed by atoms with Crippen molar-refractivity contribution < 1.29 is 14.6 Å². The molecule has 1 unspecified atom stereocenters. The minimum absolute atomic E-state index is 0.0141. The number of benzene rings is 2. The zero-order valence-corrected chi connectivity index (χ0v) is 14.2. The largest absolute Gasteiger partial charge is 0.386 e. The average Bonchev–Trinajstić information content (AvgIpc) is 2.59. The van der Waals surface area contributed by atoms with E-state index in [1.54, 1.807) is 6.92 Å². The van der Waals surface area contributed by atoms with Crippen molar-refractivity contribution in [2.75, 3.05) is 20.3 Å². The third kappa shape index (κ3) is 5.48. The van der Waals surface area contributed by atoms with Gasteiger partial charge in [-0.3, -0.25) is 4.79 Å². The Kier molecular flexibility index (Phi) is 6.53. The Hall–Kier alpha value is -2.17. The molecule has 0 aliphatic rings. The number of carbonyl (C=O) groups is 1. The fourth-order valence-corrected chi connectivity index (χ4v) is 2.71. The number of hydrogen-bond acceptors (Lipinski definition) is 3. The number of carbonyl (C=O) groups excluding carboxylic acids is 1. The predicted molar refractivity (Wildman–Crippen MR) is 94.9 cm³/mol. The Balaban J connectivity index is 2.08. The number of aliphatic hydroxyl groups is 1. The van der Waals surface area contributed by atoms with E-state index in [0.29, 0.717) is 6.42 Å². The van der Waals surface area contributed by atoms with Gasteiger partial charge in [0, 0.05) is 26.0 Å². The summed E-state index contributed by atoms with van der Waals surface area (Å²) in [4.78, 5) is 12.4. The van der Waals surface area contributed by atoms with Crippen molar-refractivity contribution in [3.63, 3.8) is 0 Å². The van der Waals surface area contributed by atoms with Gasteiger partial charge in [-0.1, -0.05) is 60.7 Å². The second-order valence-electron chi connectivity index (χ2n) is 6.28. The molecule has 0 saturated carbocycles. The van der Waals surface area contributed by atoms with Crippen molar-refractivity contribution in [3.05, 3.63) is 71.8 Å². The lowest BCUT2D eigenvalue weighted by molar-refractivity contribution is -0.123. The number of amides is 1. The summed E-state index contributed by atoms with van der Waals surface area (Å²) in [6, 6.07) is 20.0. The van der Waals surface area contributed by atoms with Gasteiger partial charge in [0.1, 0.15) is 5.60 Å². The van der Waals surface area contributed by atoms with Crippen LogP contribution in [0.4, 0.5) is 0 Å². The maximum absolute atomic E-state index is 12.4. The fraction of sp³-hybridized carbons (Fsp3) is 0.350. The van der Waals surface area contributed by atoms with Crippen LogP contribution in [0.25, 0.3) is 0 Å². The number of rotatable bonds is 8. The Labute approximate surface area is 143 Å². The van der Waals surface area contributed by atoms with Gasteiger partial charge in [0.2, 0.25) is 5.91 Å². The van der Waals surface area contributed by atoms with E-state index in [2.05, 4.69) is 5.32 Å². The lowest BCUT2D eigenvalue weighted by atomic mass is 9.88. The van der Waals surface area contributed by atoms with Crippen LogP contribution in [0.1, 0.15) is 30.4 Å². The lowest BCUT2D eigenvalue weighted by Crippen LogP contribution is -2.44. The molecular formula is C20H25NO3. The molecule has 128 valence electrons. The molecule has 24 heavy (non-hydrogen) atoms. The van der Waals surface area contributed by atoms with E-state index in [-0.39, 0.29) is 25.0 Å². The third-order valence-electron chi connectivity index (χ3n) is 3.92. The zero-order valence-electron chi connectivity index (χ0n) is 14.2. The van der Waals surface area contributed by atoms with Crippen LogP contribution in [-0.2, 0) is 9.53 Å². The molecule has 2 aromatic carbocycles. The minimum atomic E-state index is -1.07. The van der Waals surface area contributed by atoms with E-state index in [1.165, 1.54) is 7.11 Å². The van der Waals surface area contributed by atoms with Crippen LogP contribution in [0.5, 0.6) is 0 Å². The highest BCUT2D eigenvalue weighted by Gasteiger charge is 2.23. The van der Waals surface area contributed by atoms with Crippen LogP contribution in [0.15, 0.2) is 60.7 Å². The molecule has 0 fully saturated rings. The van der Waals surface area contributed by atoms with Gasteiger partial charge in [0.05, 0.1) is 6.61 Å². The van der Waals surface area contributed by atoms with Crippen LogP contribution in [0, 0.1) is 0 Å². The topological polar surface area (TPSA) is 58.6 Å². The zero-order chi connectivity index (χ0) is 17.4. The Morgan fingerprint density at radius 3 is 2.04 bits per heavy atom. The third-order valence-corrected chi connectivity index (χ3v) is 3.92. The Bertz CT molecular complexity index is 586. The summed E-state index contributed by atoms with van der Waals surface area (Å²) in [7, 11) is 1.52. The van der Waals surface area contributed by atoms with Gasteiger partial charge in [-0.2, -0.15) is 0 Å². The van der Waals surface area contributed by atoms with Gasteiger partial charge in [0.15, 0.2) is 0 Å². The first-order chi connectivity index (χ1) is 11.5. The number of ether oxygens (including phenoxy) is 1. The van der Waals surface area contributed by atoms with Gasteiger partial charge < -0.3 is 15.2 Å². The molecule has 2 rings (SSSR count). The first kappa shape index (κ1) is 18.2. The van der Waals surface area contributed by atoms with Crippen molar-refractivity contribution in [1.29, 1.82) is 0 Å². The first-order valence-corrected chi connectivity index (χ1v) is 8.10. The van der Waals surface area contributed by atoms with Crippen LogP contribution in [0.3, 0.4) is 0 Å². The summed E-state index contributed by atoms with van der Waals surface area (Å²) in [5.41, 5.74) is 1.13. The SMILES string of the molecule is COCC(C)(O)CNC(=O)CC(c1ccccc1)c1ccccc1. The summed E-state index contributed by atoms with van der Waals surface area (Å²) < 4.78 is 4.96. The van der Waals surface area contributed by atoms with Crippen LogP contribution in [0.2, 0.25) is 0 Å². The second-order valence-corrected chi connectivity index (χ2v) is 6.28. The molecule has 0 bridgehead atoms. The van der Waals surface area contributed by atoms with E-state index >= 15 is 0 Å². The van der Waals surface area contributed by atoms with Crippen molar-refractivity contribution in [3.8, 4) is 0 Å². The van der Waals surface area contributed by atoms with E-state index in [0.717, 1.165) is 11.1 Å². The van der Waals surface area contributed by atoms with Crippen molar-refractivity contribution >= 4 is 5.91 Å². The molecule has 2 aromatic rings. The Morgan fingerprint density at radius 1 is 1.08 bits per heavy atom. The smallest absolute Gasteiger partial charge is 0.221 e. The second kappa shape index (κ2) is 8.62. The van der Waals surface area contributed by atoms with Crippen LogP contribution in [-0.4, -0.2) is 36.9 Å². The highest BCUT2D eigenvalue weighted by molar-refractivity contribution is 5.77. The van der Waals surface area contributed by atoms with Crippen molar-refractivity contribution in [2.24, 2.45) is 0 Å². The molecule has 2 N–H and O–H groups in total. The number of hydrogen-bond donors (Lipinski definition) is 2. The minimum Gasteiger partial charge on any atom is -0.386 e. The fourth-order valence-electron chi connectivity index (χ4n) is 2.71. The molecule has 0 aromatic heterocycles. The quantitative estimate of drug-likeness (QED) is 0.784. The van der Waals surface area contributed by atoms with E-state index in [4.69, 9.17) is 4.74 Å². The molecule has 1 atom stereocenters. The van der Waals surface area contributed by atoms with Crippen LogP contribution >= 0.6 is 0 Å². The molecule has 0 radical (unpaired) electrons. The van der Waals surface area contributed by atoms with E-state index < -0.39 is 5.60 Å². The molecule has 0 spiro atoms. The number of methoxy groups -OCH3 is 1. The molecule has 4 heteroatoms. The Morgan fingerprint density at radius 2 is 1.58 bits per heavy atom. The molecule has 0 heterocycles. The van der Waals surface area contributed by atoms with E-state index in [9.17, 15) is 9.90 Å². The molecular weight excluding hydrogens is 302 g/mol. The van der Waals surface area contributed by atoms with Crippen molar-refractivity contribution in [1.82, 2.24) is 5.32 Å². The van der Waals surface area contributed by atoms with Gasteiger partial charge in [-0.25, -0.2) is 0 Å². The molecule has 4 nitrogen and oxygen atoms in total. The molecule has 0 aliphatic heterocycles. The highest BCUT2D eigenvalue weighted by atomic mass is 16.5. The predicted octanol–water partition coefficient (Wildman–Crippen LogP) is 2.72. The van der Waals surface area contributed by atoms with Gasteiger partial charge in [0.25, 0.3) is 0 Å². The summed E-state index contributed by atoms with van der Waals surface area (Å²) in [5, 5.41) is 12.9. The molecule has 0 saturated heterocycles. The van der Waals surface area contributed by atoms with Gasteiger partial charge in [-0.15, -0.1) is 0 Å². The summed E-state index contributed by atoms with van der Waals surface area (Å²) >= 11 is 0. The maximum Gasteiger partial charge on any atom is 0.221 e. The van der Waals surface area contributed by atoms with E-state index in [1.807, 2.05) is 60.7 Å². The lowest BCUT2D eigenvalue weighted by Gasteiger charge is -2.23. The number of nitrogens with one attached hydrogen (secondary N) is 1. The highest BCUT2D eigenvalue weighted by Crippen LogP contribution is 2.27. The maximum atomic E-state index is 12.4. The first-order valence-electron chi connectivity index (χ1n) is 8.10. The monoisotopic (exact) mass is 327 g/mol. The summed E-state index contributed by atoms with van der Waals surface area (Å²) in [6.45, 7) is 1.98. The van der Waals surface area contributed by atoms with Crippen molar-refractivity contribution in [2.45, 2.75) is 24.9 Å². The average molecular weight is 327 g/mol. The van der Waals surface area contributed by atoms with Crippen LogP contribution < -0.4 is 5.32 Å². The molecule has 1 amide bonds. The standard InChI is InChI=1S/C20H25NO3/c1-20(23,15-24-2)14-21-19(22)13-18(16-9-5-3-6-10-16)17-11-7-4-8-12-17/h3-12,18,23H,13-15H2,1-2H3,(H,21,22). The van der Waals surface area contributed by atoms with Gasteiger partial charge in [-0.05, 0) is 18.1 Å². The molecule has 0 aliphatic carbocycles.